The fourth-order valence-electron chi connectivity index (χ4n) is 2.64. The number of halogens is 1. The normalized spacial score (nSPS) is 18.0. The van der Waals surface area contributed by atoms with Crippen molar-refractivity contribution in [1.82, 2.24) is 9.88 Å². The van der Waals surface area contributed by atoms with Crippen LogP contribution in [-0.4, -0.2) is 34.2 Å². The van der Waals surface area contributed by atoms with Crippen molar-refractivity contribution in [3.05, 3.63) is 40.5 Å². The Morgan fingerprint density at radius 1 is 1.26 bits per heavy atom. The van der Waals surface area contributed by atoms with Crippen molar-refractivity contribution >= 4 is 26.8 Å². The molecule has 1 N–H and O–H groups in total. The van der Waals surface area contributed by atoms with E-state index in [2.05, 4.69) is 44.0 Å². The highest BCUT2D eigenvalue weighted by atomic mass is 79.9. The average molecular weight is 321 g/mol. The fourth-order valence-corrected chi connectivity index (χ4v) is 3.09. The highest BCUT2D eigenvalue weighted by molar-refractivity contribution is 9.10. The molecule has 0 bridgehead atoms. The van der Waals surface area contributed by atoms with Gasteiger partial charge in [0.15, 0.2) is 0 Å². The number of fused-ring (bicyclic) bond motifs is 1. The predicted octanol–water partition coefficient (Wildman–Crippen LogP) is 2.95. The molecule has 2 heterocycles. The van der Waals surface area contributed by atoms with E-state index in [0.29, 0.717) is 0 Å². The van der Waals surface area contributed by atoms with Gasteiger partial charge in [-0.3, -0.25) is 9.88 Å². The second-order valence-electron chi connectivity index (χ2n) is 5.11. The third-order valence-electron chi connectivity index (χ3n) is 3.75. The summed E-state index contributed by atoms with van der Waals surface area (Å²) in [6, 6.07) is 8.30. The molecule has 1 aliphatic rings. The minimum Gasteiger partial charge on any atom is -0.393 e. The number of nitrogens with zero attached hydrogens (tertiary/aromatic N) is 2. The van der Waals surface area contributed by atoms with Gasteiger partial charge in [-0.2, -0.15) is 0 Å². The zero-order valence-electron chi connectivity index (χ0n) is 10.7. The van der Waals surface area contributed by atoms with Crippen LogP contribution in [0.25, 0.3) is 10.9 Å². The Morgan fingerprint density at radius 3 is 2.84 bits per heavy atom. The van der Waals surface area contributed by atoms with Crippen molar-refractivity contribution in [2.45, 2.75) is 25.5 Å². The van der Waals surface area contributed by atoms with Crippen LogP contribution in [-0.2, 0) is 6.54 Å². The van der Waals surface area contributed by atoms with Crippen LogP contribution in [0.4, 0.5) is 0 Å². The highest BCUT2D eigenvalue weighted by Gasteiger charge is 2.18. The van der Waals surface area contributed by atoms with E-state index in [9.17, 15) is 5.11 Å². The molecule has 2 aromatic rings. The molecule has 1 saturated heterocycles. The summed E-state index contributed by atoms with van der Waals surface area (Å²) >= 11 is 3.58. The summed E-state index contributed by atoms with van der Waals surface area (Å²) in [5.41, 5.74) is 2.33. The molecule has 1 aromatic carbocycles. The van der Waals surface area contributed by atoms with Crippen LogP contribution in [0.3, 0.4) is 0 Å². The van der Waals surface area contributed by atoms with E-state index < -0.39 is 0 Å². The number of aliphatic hydroxyl groups is 1. The highest BCUT2D eigenvalue weighted by Crippen LogP contribution is 2.26. The molecule has 100 valence electrons. The Hall–Kier alpha value is -0.970. The molecule has 0 spiro atoms. The van der Waals surface area contributed by atoms with Crippen molar-refractivity contribution in [3.63, 3.8) is 0 Å². The summed E-state index contributed by atoms with van der Waals surface area (Å²) in [7, 11) is 0. The van der Waals surface area contributed by atoms with E-state index >= 15 is 0 Å². The number of benzene rings is 1. The van der Waals surface area contributed by atoms with Crippen LogP contribution >= 0.6 is 15.9 Å². The molecule has 1 aromatic heterocycles. The first-order valence-electron chi connectivity index (χ1n) is 6.66. The van der Waals surface area contributed by atoms with Gasteiger partial charge in [-0.1, -0.05) is 28.1 Å². The second-order valence-corrected chi connectivity index (χ2v) is 5.97. The van der Waals surface area contributed by atoms with Gasteiger partial charge in [-0.05, 0) is 30.5 Å². The van der Waals surface area contributed by atoms with E-state index in [-0.39, 0.29) is 6.10 Å². The van der Waals surface area contributed by atoms with E-state index in [1.807, 2.05) is 12.3 Å². The number of rotatable bonds is 2. The maximum atomic E-state index is 9.56. The molecule has 1 aliphatic heterocycles. The lowest BCUT2D eigenvalue weighted by molar-refractivity contribution is 0.0794. The third-order valence-corrected chi connectivity index (χ3v) is 4.44. The maximum Gasteiger partial charge on any atom is 0.0758 e. The SMILES string of the molecule is OC1CCN(Cc2ccc(Br)c3cccnc23)CC1. The van der Waals surface area contributed by atoms with Crippen LogP contribution in [0, 0.1) is 0 Å². The topological polar surface area (TPSA) is 36.4 Å². The van der Waals surface area contributed by atoms with Crippen LogP contribution in [0.15, 0.2) is 34.9 Å². The first-order chi connectivity index (χ1) is 9.24. The lowest BCUT2D eigenvalue weighted by atomic mass is 10.1. The van der Waals surface area contributed by atoms with E-state index in [4.69, 9.17) is 0 Å². The number of pyridine rings is 1. The maximum absolute atomic E-state index is 9.56. The molecular weight excluding hydrogens is 304 g/mol. The Balaban J connectivity index is 1.87. The lowest BCUT2D eigenvalue weighted by Crippen LogP contribution is -2.35. The van der Waals surface area contributed by atoms with Crippen molar-refractivity contribution in [2.75, 3.05) is 13.1 Å². The average Bonchev–Trinajstić information content (AvgIpc) is 2.45. The zero-order chi connectivity index (χ0) is 13.2. The molecule has 0 aliphatic carbocycles. The first kappa shape index (κ1) is 13.0. The summed E-state index contributed by atoms with van der Waals surface area (Å²) < 4.78 is 1.09. The van der Waals surface area contributed by atoms with E-state index in [1.165, 1.54) is 5.56 Å². The van der Waals surface area contributed by atoms with Gasteiger partial charge in [0.25, 0.3) is 0 Å². The fraction of sp³-hybridized carbons (Fsp3) is 0.400. The Labute approximate surface area is 121 Å². The number of aromatic nitrogens is 1. The van der Waals surface area contributed by atoms with E-state index in [1.54, 1.807) is 0 Å². The summed E-state index contributed by atoms with van der Waals surface area (Å²) in [4.78, 5) is 6.91. The van der Waals surface area contributed by atoms with Gasteiger partial charge in [-0.15, -0.1) is 0 Å². The zero-order valence-corrected chi connectivity index (χ0v) is 12.3. The molecule has 3 rings (SSSR count). The first-order valence-corrected chi connectivity index (χ1v) is 7.46. The molecule has 0 saturated carbocycles. The molecule has 0 amide bonds. The number of piperidine rings is 1. The smallest absolute Gasteiger partial charge is 0.0758 e. The van der Waals surface area contributed by atoms with Crippen molar-refractivity contribution in [1.29, 1.82) is 0 Å². The number of hydrogen-bond donors (Lipinski definition) is 1. The summed E-state index contributed by atoms with van der Waals surface area (Å²) in [6.45, 7) is 2.84. The van der Waals surface area contributed by atoms with Crippen LogP contribution in [0.5, 0.6) is 0 Å². The Morgan fingerprint density at radius 2 is 2.05 bits per heavy atom. The van der Waals surface area contributed by atoms with Crippen molar-refractivity contribution in [3.8, 4) is 0 Å². The van der Waals surface area contributed by atoms with Crippen LogP contribution in [0.2, 0.25) is 0 Å². The Bertz CT molecular complexity index is 579. The van der Waals surface area contributed by atoms with Gasteiger partial charge in [0, 0.05) is 35.7 Å². The largest absolute Gasteiger partial charge is 0.393 e. The van der Waals surface area contributed by atoms with Crippen LogP contribution < -0.4 is 0 Å². The van der Waals surface area contributed by atoms with Gasteiger partial charge in [-0.25, -0.2) is 0 Å². The van der Waals surface area contributed by atoms with Gasteiger partial charge in [0.2, 0.25) is 0 Å². The van der Waals surface area contributed by atoms with Crippen molar-refractivity contribution < 1.29 is 5.11 Å². The molecule has 0 atom stereocenters. The number of hydrogen-bond acceptors (Lipinski definition) is 3. The Kier molecular flexibility index (Phi) is 3.82. The molecule has 4 heteroatoms. The third kappa shape index (κ3) is 2.81. The summed E-state index contributed by atoms with van der Waals surface area (Å²) in [5, 5.41) is 10.7. The van der Waals surface area contributed by atoms with Crippen molar-refractivity contribution in [2.24, 2.45) is 0 Å². The number of likely N-dealkylation sites (tertiary alicyclic amines) is 1. The molecule has 3 nitrogen and oxygen atoms in total. The minimum atomic E-state index is -0.115. The second kappa shape index (κ2) is 5.57. The van der Waals surface area contributed by atoms with Gasteiger partial charge in [0.05, 0.1) is 11.6 Å². The molecular formula is C15H17BrN2O. The molecule has 1 fully saturated rings. The molecule has 0 unspecified atom stereocenters. The van der Waals surface area contributed by atoms with Crippen LogP contribution in [0.1, 0.15) is 18.4 Å². The van der Waals surface area contributed by atoms with Gasteiger partial charge >= 0.3 is 0 Å². The predicted molar refractivity (Wildman–Crippen MR) is 80.0 cm³/mol. The monoisotopic (exact) mass is 320 g/mol. The summed E-state index contributed by atoms with van der Waals surface area (Å²) in [6.07, 6.45) is 3.48. The van der Waals surface area contributed by atoms with E-state index in [0.717, 1.165) is 47.9 Å². The standard InChI is InChI=1S/C15H17BrN2O/c16-14-4-3-11(15-13(14)2-1-7-17-15)10-18-8-5-12(19)6-9-18/h1-4,7,12,19H,5-6,8-10H2. The summed E-state index contributed by atoms with van der Waals surface area (Å²) in [5.74, 6) is 0. The van der Waals surface area contributed by atoms with Gasteiger partial charge < -0.3 is 5.11 Å². The lowest BCUT2D eigenvalue weighted by Gasteiger charge is -2.29. The minimum absolute atomic E-state index is 0.115. The quantitative estimate of drug-likeness (QED) is 0.924. The molecule has 19 heavy (non-hydrogen) atoms. The van der Waals surface area contributed by atoms with Gasteiger partial charge in [0.1, 0.15) is 0 Å². The number of aliphatic hydroxyl groups excluding tert-OH is 1. The molecule has 0 radical (unpaired) electrons.